The summed E-state index contributed by atoms with van der Waals surface area (Å²) in [7, 11) is 0. The molecule has 0 spiro atoms. The van der Waals surface area contributed by atoms with Crippen molar-refractivity contribution in [2.45, 2.75) is 6.92 Å². The maximum atomic E-state index is 12.9. The first-order valence-corrected chi connectivity index (χ1v) is 4.94. The van der Waals surface area contributed by atoms with E-state index in [4.69, 9.17) is 0 Å². The van der Waals surface area contributed by atoms with Gasteiger partial charge in [0.1, 0.15) is 5.82 Å². The predicted octanol–water partition coefficient (Wildman–Crippen LogP) is 3.08. The van der Waals surface area contributed by atoms with Crippen LogP contribution in [-0.2, 0) is 0 Å². The quantitative estimate of drug-likeness (QED) is 0.765. The highest BCUT2D eigenvalue weighted by molar-refractivity contribution is 9.10. The van der Waals surface area contributed by atoms with Gasteiger partial charge in [-0.2, -0.15) is 5.10 Å². The lowest BCUT2D eigenvalue weighted by atomic mass is 10.3. The van der Waals surface area contributed by atoms with E-state index in [0.29, 0.717) is 0 Å². The molecule has 0 bridgehead atoms. The van der Waals surface area contributed by atoms with Crippen molar-refractivity contribution in [2.75, 3.05) is 0 Å². The molecule has 0 aliphatic rings. The highest BCUT2D eigenvalue weighted by atomic mass is 79.9. The molecule has 2 rings (SSSR count). The molecule has 4 heteroatoms. The maximum absolute atomic E-state index is 12.9. The van der Waals surface area contributed by atoms with Crippen molar-refractivity contribution in [3.05, 3.63) is 46.4 Å². The van der Waals surface area contributed by atoms with Crippen LogP contribution >= 0.6 is 15.9 Å². The lowest BCUT2D eigenvalue weighted by molar-refractivity contribution is 0.625. The summed E-state index contributed by atoms with van der Waals surface area (Å²) in [6, 6.07) is 6.32. The minimum atomic E-state index is -0.258. The molecular formula is C10H8BrFN2. The molecule has 0 unspecified atom stereocenters. The summed E-state index contributed by atoms with van der Waals surface area (Å²) in [4.78, 5) is 0. The van der Waals surface area contributed by atoms with Crippen molar-refractivity contribution in [3.8, 4) is 5.69 Å². The third-order valence-electron chi connectivity index (χ3n) is 1.91. The lowest BCUT2D eigenvalue weighted by Crippen LogP contribution is -1.94. The molecule has 0 amide bonds. The van der Waals surface area contributed by atoms with Gasteiger partial charge in [0.2, 0.25) is 0 Å². The van der Waals surface area contributed by atoms with E-state index >= 15 is 0 Å². The molecule has 0 saturated heterocycles. The van der Waals surface area contributed by atoms with Crippen LogP contribution < -0.4 is 0 Å². The Bertz CT molecular complexity index is 445. The molecule has 0 radical (unpaired) electrons. The van der Waals surface area contributed by atoms with Crippen LogP contribution in [0.3, 0.4) is 0 Å². The Morgan fingerprint density at radius 1 is 1.43 bits per heavy atom. The molecule has 0 fully saturated rings. The number of halogens is 2. The van der Waals surface area contributed by atoms with Gasteiger partial charge in [-0.15, -0.1) is 0 Å². The molecule has 0 aliphatic heterocycles. The van der Waals surface area contributed by atoms with Gasteiger partial charge in [0, 0.05) is 6.20 Å². The second-order valence-corrected chi connectivity index (χ2v) is 3.84. The third kappa shape index (κ3) is 1.70. The van der Waals surface area contributed by atoms with Gasteiger partial charge >= 0.3 is 0 Å². The van der Waals surface area contributed by atoms with Gasteiger partial charge in [-0.25, -0.2) is 9.07 Å². The van der Waals surface area contributed by atoms with Crippen LogP contribution in [0.1, 0.15) is 5.69 Å². The Morgan fingerprint density at radius 3 is 2.79 bits per heavy atom. The van der Waals surface area contributed by atoms with Gasteiger partial charge < -0.3 is 0 Å². The van der Waals surface area contributed by atoms with E-state index in [9.17, 15) is 4.39 Å². The second kappa shape index (κ2) is 3.53. The molecule has 1 heterocycles. The van der Waals surface area contributed by atoms with Crippen molar-refractivity contribution in [1.29, 1.82) is 0 Å². The Balaban J connectivity index is 2.49. The lowest BCUT2D eigenvalue weighted by Gasteiger charge is -1.99. The summed E-state index contributed by atoms with van der Waals surface area (Å²) in [5.74, 6) is -0.258. The highest BCUT2D eigenvalue weighted by Crippen LogP contribution is 2.17. The number of nitrogens with zero attached hydrogens (tertiary/aromatic N) is 2. The van der Waals surface area contributed by atoms with Crippen LogP contribution in [0, 0.1) is 12.7 Å². The number of hydrogen-bond acceptors (Lipinski definition) is 1. The molecule has 14 heavy (non-hydrogen) atoms. The summed E-state index contributed by atoms with van der Waals surface area (Å²) >= 11 is 3.35. The van der Waals surface area contributed by atoms with E-state index in [-0.39, 0.29) is 5.82 Å². The van der Waals surface area contributed by atoms with Gasteiger partial charge in [0.25, 0.3) is 0 Å². The average molecular weight is 255 g/mol. The number of hydrogen-bond donors (Lipinski definition) is 0. The largest absolute Gasteiger partial charge is 0.239 e. The van der Waals surface area contributed by atoms with E-state index in [0.717, 1.165) is 15.9 Å². The fourth-order valence-electron chi connectivity index (χ4n) is 1.19. The number of aromatic nitrogens is 2. The molecule has 2 aromatic rings. The Labute approximate surface area is 89.5 Å². The minimum absolute atomic E-state index is 0.258. The van der Waals surface area contributed by atoms with Gasteiger partial charge in [-0.1, -0.05) is 6.07 Å². The summed E-state index contributed by atoms with van der Waals surface area (Å²) in [6.45, 7) is 1.89. The van der Waals surface area contributed by atoms with Crippen LogP contribution in [0.5, 0.6) is 0 Å². The van der Waals surface area contributed by atoms with Crippen molar-refractivity contribution in [1.82, 2.24) is 9.78 Å². The Hall–Kier alpha value is -1.16. The van der Waals surface area contributed by atoms with Crippen molar-refractivity contribution < 1.29 is 4.39 Å². The van der Waals surface area contributed by atoms with Gasteiger partial charge in [-0.3, -0.25) is 0 Å². The molecule has 0 N–H and O–H groups in total. The van der Waals surface area contributed by atoms with Crippen molar-refractivity contribution in [2.24, 2.45) is 0 Å². The molecule has 2 nitrogen and oxygen atoms in total. The molecular weight excluding hydrogens is 247 g/mol. The topological polar surface area (TPSA) is 17.8 Å². The zero-order chi connectivity index (χ0) is 10.1. The third-order valence-corrected chi connectivity index (χ3v) is 2.69. The Kier molecular flexibility index (Phi) is 2.37. The van der Waals surface area contributed by atoms with Gasteiger partial charge in [0.15, 0.2) is 0 Å². The van der Waals surface area contributed by atoms with E-state index in [1.165, 1.54) is 12.1 Å². The van der Waals surface area contributed by atoms with E-state index in [2.05, 4.69) is 21.0 Å². The zero-order valence-electron chi connectivity index (χ0n) is 7.54. The van der Waals surface area contributed by atoms with Crippen LogP contribution in [0.2, 0.25) is 0 Å². The van der Waals surface area contributed by atoms with Crippen molar-refractivity contribution in [3.63, 3.8) is 0 Å². The fraction of sp³-hybridized carbons (Fsp3) is 0.100. The number of benzene rings is 1. The summed E-state index contributed by atoms with van der Waals surface area (Å²) in [5, 5.41) is 4.22. The molecule has 1 aromatic heterocycles. The molecule has 1 aromatic carbocycles. The first-order chi connectivity index (χ1) is 6.66. The SMILES string of the molecule is Cc1nn(-c2cccc(F)c2)cc1Br. The molecule has 0 atom stereocenters. The minimum Gasteiger partial charge on any atom is -0.239 e. The standard InChI is InChI=1S/C10H8BrFN2/c1-7-10(11)6-14(13-7)9-4-2-3-8(12)5-9/h2-6H,1H3. The van der Waals surface area contributed by atoms with Gasteiger partial charge in [0.05, 0.1) is 15.9 Å². The monoisotopic (exact) mass is 254 g/mol. The molecule has 0 aliphatic carbocycles. The smallest absolute Gasteiger partial charge is 0.125 e. The zero-order valence-corrected chi connectivity index (χ0v) is 9.12. The van der Waals surface area contributed by atoms with Crippen molar-refractivity contribution >= 4 is 15.9 Å². The molecule has 72 valence electrons. The highest BCUT2D eigenvalue weighted by Gasteiger charge is 2.03. The van der Waals surface area contributed by atoms with Crippen LogP contribution in [-0.4, -0.2) is 9.78 Å². The normalized spacial score (nSPS) is 10.5. The van der Waals surface area contributed by atoms with E-state index < -0.39 is 0 Å². The first-order valence-electron chi connectivity index (χ1n) is 4.14. The summed E-state index contributed by atoms with van der Waals surface area (Å²) in [6.07, 6.45) is 1.81. The maximum Gasteiger partial charge on any atom is 0.125 e. The van der Waals surface area contributed by atoms with Gasteiger partial charge in [-0.05, 0) is 41.1 Å². The predicted molar refractivity (Wildman–Crippen MR) is 56.0 cm³/mol. The van der Waals surface area contributed by atoms with Crippen LogP contribution in [0.25, 0.3) is 5.69 Å². The first kappa shape index (κ1) is 9.40. The Morgan fingerprint density at radius 2 is 2.21 bits per heavy atom. The van der Waals surface area contributed by atoms with Crippen LogP contribution in [0.4, 0.5) is 4.39 Å². The molecule has 0 saturated carbocycles. The number of aryl methyl sites for hydroxylation is 1. The second-order valence-electron chi connectivity index (χ2n) is 2.99. The van der Waals surface area contributed by atoms with Crippen LogP contribution in [0.15, 0.2) is 34.9 Å². The number of rotatable bonds is 1. The summed E-state index contributed by atoms with van der Waals surface area (Å²) < 4.78 is 15.5. The summed E-state index contributed by atoms with van der Waals surface area (Å²) in [5.41, 5.74) is 1.60. The van der Waals surface area contributed by atoms with E-state index in [1.807, 2.05) is 19.2 Å². The fourth-order valence-corrected chi connectivity index (χ4v) is 1.46. The average Bonchev–Trinajstić information content (AvgIpc) is 2.47. The van der Waals surface area contributed by atoms with E-state index in [1.54, 1.807) is 10.7 Å².